The fraction of sp³-hybridized carbons (Fsp3) is 0.783. The molecule has 31 unspecified atom stereocenters. The van der Waals surface area contributed by atoms with E-state index in [1.165, 1.54) is 6.42 Å². The van der Waals surface area contributed by atoms with Gasteiger partial charge in [-0.1, -0.05) is 35.5 Å². The molecular formula is C60H54F18O2. The Morgan fingerprint density at radius 3 is 1.39 bits per heavy atom. The lowest BCUT2D eigenvalue weighted by Gasteiger charge is -2.61. The third kappa shape index (κ3) is 4.76. The highest BCUT2D eigenvalue weighted by molar-refractivity contribution is 5.69. The van der Waals surface area contributed by atoms with Gasteiger partial charge < -0.3 is 4.74 Å². The van der Waals surface area contributed by atoms with Crippen LogP contribution in [-0.4, -0.2) is 49.1 Å². The van der Waals surface area contributed by atoms with Gasteiger partial charge in [0.1, 0.15) is 0 Å². The Balaban J connectivity index is 0.886. The van der Waals surface area contributed by atoms with Crippen molar-refractivity contribution in [1.29, 1.82) is 0 Å². The molecule has 13 saturated carbocycles. The van der Waals surface area contributed by atoms with E-state index in [0.717, 1.165) is 26.4 Å². The van der Waals surface area contributed by atoms with Gasteiger partial charge in [-0.25, -0.2) is 0 Å². The summed E-state index contributed by atoms with van der Waals surface area (Å²) in [7, 11) is 1.06. The van der Waals surface area contributed by atoms with Crippen molar-refractivity contribution in [2.45, 2.75) is 98.2 Å². The molecule has 31 atom stereocenters. The molecule has 17 aliphatic carbocycles. The number of rotatable bonds is 11. The molecule has 0 bridgehead atoms. The molecule has 1 aromatic rings. The maximum Gasteiger partial charge on any atom is 0.460 e. The molecule has 17 aliphatic rings. The highest BCUT2D eigenvalue weighted by Gasteiger charge is 2.91. The lowest BCUT2D eigenvalue weighted by Crippen LogP contribution is -2.60. The van der Waals surface area contributed by atoms with Crippen LogP contribution in [0.5, 0.6) is 0 Å². The number of carbonyl (C=O) groups excluding carboxylic acids is 1. The summed E-state index contributed by atoms with van der Waals surface area (Å²) in [6.07, 6.45) is -2.38. The highest BCUT2D eigenvalue weighted by atomic mass is 19.4. The second-order valence-corrected chi connectivity index (χ2v) is 28.9. The van der Waals surface area contributed by atoms with E-state index in [-0.39, 0.29) is 102 Å². The van der Waals surface area contributed by atoms with E-state index in [1.807, 2.05) is 0 Å². The summed E-state index contributed by atoms with van der Waals surface area (Å²) in [4.78, 5) is 13.0. The summed E-state index contributed by atoms with van der Waals surface area (Å²) in [6.45, 7) is 0. The molecule has 13 fully saturated rings. The Morgan fingerprint density at radius 1 is 0.438 bits per heavy atom. The molecule has 0 heterocycles. The molecule has 0 spiro atoms. The lowest BCUT2D eigenvalue weighted by molar-refractivity contribution is -0.400. The number of esters is 1. The average molecular weight is 1150 g/mol. The zero-order valence-corrected chi connectivity index (χ0v) is 42.4. The number of benzene rings is 1. The minimum Gasteiger partial charge on any atom is -0.469 e. The molecule has 18 rings (SSSR count). The summed E-state index contributed by atoms with van der Waals surface area (Å²) >= 11 is 0. The summed E-state index contributed by atoms with van der Waals surface area (Å²) < 4.78 is 277. The van der Waals surface area contributed by atoms with Crippen LogP contribution < -0.4 is 0 Å². The molecule has 2 nitrogen and oxygen atoms in total. The largest absolute Gasteiger partial charge is 0.469 e. The van der Waals surface area contributed by atoms with Gasteiger partial charge >= 0.3 is 53.9 Å². The zero-order valence-electron chi connectivity index (χ0n) is 42.4. The van der Waals surface area contributed by atoms with Gasteiger partial charge in [-0.15, -0.1) is 0 Å². The predicted octanol–water partition coefficient (Wildman–Crippen LogP) is 14.8. The van der Waals surface area contributed by atoms with Gasteiger partial charge in [0, 0.05) is 23.0 Å². The monoisotopic (exact) mass is 1150 g/mol. The molecule has 0 amide bonds. The Hall–Kier alpha value is -3.35. The van der Waals surface area contributed by atoms with E-state index in [9.17, 15) is 48.7 Å². The van der Waals surface area contributed by atoms with E-state index in [2.05, 4.69) is 24.3 Å². The number of allylic oxidation sites excluding steroid dienone is 6. The number of fused-ring (bicyclic) bond motifs is 8. The first kappa shape index (κ1) is 50.0. The molecule has 0 radical (unpaired) electrons. The van der Waals surface area contributed by atoms with Crippen molar-refractivity contribution in [3.8, 4) is 0 Å². The molecule has 20 heteroatoms. The third-order valence-corrected chi connectivity index (χ3v) is 28.3. The maximum atomic E-state index is 16.7. The number of carbonyl (C=O) groups is 1. The van der Waals surface area contributed by atoms with Crippen molar-refractivity contribution in [3.05, 3.63) is 70.3 Å². The van der Waals surface area contributed by atoms with E-state index < -0.39 is 106 Å². The van der Waals surface area contributed by atoms with Crippen LogP contribution in [0.25, 0.3) is 0 Å². The average Bonchev–Trinajstić information content (AvgIpc) is 1.81. The third-order valence-electron chi connectivity index (χ3n) is 28.3. The Morgan fingerprint density at radius 2 is 0.838 bits per heavy atom. The lowest BCUT2D eigenvalue weighted by atomic mass is 9.43. The van der Waals surface area contributed by atoms with Gasteiger partial charge in [-0.2, -0.15) is 79.0 Å². The van der Waals surface area contributed by atoms with Crippen molar-refractivity contribution < 1.29 is 88.6 Å². The van der Waals surface area contributed by atoms with Crippen LogP contribution >= 0.6 is 0 Å². The van der Waals surface area contributed by atoms with E-state index in [4.69, 9.17) is 4.74 Å². The van der Waals surface area contributed by atoms with Gasteiger partial charge in [-0.3, -0.25) is 4.79 Å². The van der Waals surface area contributed by atoms with Gasteiger partial charge in [0.25, 0.3) is 0 Å². The van der Waals surface area contributed by atoms with Crippen molar-refractivity contribution in [3.63, 3.8) is 0 Å². The SMILES string of the molecule is COC(=O)CCCC1(c2cc(C(F)(F)C(F)(F)C(F)(F)C(F)(F)F)cc(C(F)(F)C(F)(F)C(F)(F)C(F)(F)F)c2)C2C3C4C=CC5C6C=CC7C8CCC9C%10CCC%11C%12C%10C%10C9C8C8C9C%13=C(C6C78)C5C4C4C%13C(C9%10)C%12C(C43)C%11C21. The Bertz CT molecular complexity index is 3050. The number of hydrogen-bond donors (Lipinski definition) is 0. The van der Waals surface area contributed by atoms with Crippen LogP contribution in [0.3, 0.4) is 0 Å². The van der Waals surface area contributed by atoms with Gasteiger partial charge in [-0.05, 0) is 240 Å². The molecule has 1 aromatic carbocycles. The van der Waals surface area contributed by atoms with Crippen LogP contribution in [0.4, 0.5) is 79.0 Å². The molecule has 0 aromatic heterocycles. The second kappa shape index (κ2) is 14.0. The first-order valence-corrected chi connectivity index (χ1v) is 29.2. The number of halogens is 18. The smallest absolute Gasteiger partial charge is 0.460 e. The fourth-order valence-electron chi connectivity index (χ4n) is 27.7. The van der Waals surface area contributed by atoms with Gasteiger partial charge in [0.05, 0.1) is 7.11 Å². The minimum atomic E-state index is -7.64. The van der Waals surface area contributed by atoms with Crippen LogP contribution in [-0.2, 0) is 26.8 Å². The van der Waals surface area contributed by atoms with Crippen LogP contribution in [0.15, 0.2) is 53.6 Å². The molecule has 80 heavy (non-hydrogen) atoms. The maximum absolute atomic E-state index is 16.7. The topological polar surface area (TPSA) is 26.3 Å². The Kier molecular flexibility index (Phi) is 8.74. The molecule has 0 saturated heterocycles. The normalized spacial score (nSPS) is 53.1. The van der Waals surface area contributed by atoms with Crippen molar-refractivity contribution in [1.82, 2.24) is 0 Å². The first-order valence-electron chi connectivity index (χ1n) is 29.2. The van der Waals surface area contributed by atoms with Crippen LogP contribution in [0.1, 0.15) is 61.6 Å². The fourth-order valence-corrected chi connectivity index (χ4v) is 27.7. The Labute approximate surface area is 446 Å². The summed E-state index contributed by atoms with van der Waals surface area (Å²) in [5.74, 6) is -40.0. The zero-order chi connectivity index (χ0) is 55.9. The van der Waals surface area contributed by atoms with Gasteiger partial charge in [0.2, 0.25) is 0 Å². The molecule has 0 N–H and O–H groups in total. The van der Waals surface area contributed by atoms with Crippen molar-refractivity contribution >= 4 is 5.97 Å². The molecular weight excluding hydrogens is 1090 g/mol. The summed E-state index contributed by atoms with van der Waals surface area (Å²) in [5, 5.41) is 0. The van der Waals surface area contributed by atoms with Crippen LogP contribution in [0.2, 0.25) is 0 Å². The second-order valence-electron chi connectivity index (χ2n) is 28.9. The number of methoxy groups -OCH3 is 1. The van der Waals surface area contributed by atoms with Crippen molar-refractivity contribution in [2.24, 2.45) is 178 Å². The minimum absolute atomic E-state index is 0.0142. The van der Waals surface area contributed by atoms with Crippen molar-refractivity contribution in [2.75, 3.05) is 7.11 Å². The highest BCUT2D eigenvalue weighted by Crippen LogP contribution is 2.94. The van der Waals surface area contributed by atoms with E-state index in [1.54, 1.807) is 11.1 Å². The molecule has 432 valence electrons. The summed E-state index contributed by atoms with van der Waals surface area (Å²) in [5.41, 5.74) is -5.18. The number of ether oxygens (including phenoxy) is 1. The van der Waals surface area contributed by atoms with Gasteiger partial charge in [0.15, 0.2) is 0 Å². The summed E-state index contributed by atoms with van der Waals surface area (Å²) in [6, 6.07) is -1.03. The van der Waals surface area contributed by atoms with E-state index >= 15 is 35.1 Å². The standard InChI is InChI=1S/C60H54F18O2/c1-80-27(79)3-2-12-52(16-13-17(53(61,62)55(65,66)57(69,70)59(73,74)75)15-18(14-16)54(63,64)56(67,68)58(71,72)60(76,77)78)50-36-25-10-8-23-21-6-4-19-20-5-7-22-24-9-11-26-35-33(24)40-31(22)29(20)38-28(19)30(21)39-32(23)34(25)41-43(36)44(37(26)51(50)52)42(35)49-47(40)45(38)46(39)48(41)49/h4,6,8,10,13-15,19-26,28-38,40-45,47-51H,2-3,5,7,9,11-12H2,1H3. The quantitative estimate of drug-likeness (QED) is 0.125. The number of alkyl halides is 18. The van der Waals surface area contributed by atoms with Crippen LogP contribution in [0, 0.1) is 178 Å². The number of hydrogen-bond acceptors (Lipinski definition) is 2. The van der Waals surface area contributed by atoms with E-state index in [0.29, 0.717) is 82.9 Å². The molecule has 0 aliphatic heterocycles. The first-order chi connectivity index (χ1) is 37.4. The predicted molar refractivity (Wildman–Crippen MR) is 242 cm³/mol.